The fourth-order valence-corrected chi connectivity index (χ4v) is 3.88. The molecule has 1 aliphatic heterocycles. The normalized spacial score (nSPS) is 16.5. The van der Waals surface area contributed by atoms with Crippen molar-refractivity contribution >= 4 is 29.2 Å². The van der Waals surface area contributed by atoms with Crippen LogP contribution in [0, 0.1) is 0 Å². The number of amides is 1. The average molecular weight is 471 g/mol. The number of hydrogen-bond acceptors (Lipinski definition) is 7. The van der Waals surface area contributed by atoms with Gasteiger partial charge in [0, 0.05) is 18.5 Å². The van der Waals surface area contributed by atoms with Gasteiger partial charge in [-0.1, -0.05) is 11.6 Å². The number of imidazole rings is 1. The van der Waals surface area contributed by atoms with Crippen LogP contribution in [-0.4, -0.2) is 55.1 Å². The summed E-state index contributed by atoms with van der Waals surface area (Å²) in [6.45, 7) is 7.08. The van der Waals surface area contributed by atoms with Crippen LogP contribution in [0.2, 0.25) is 5.15 Å². The van der Waals surface area contributed by atoms with E-state index in [1.54, 1.807) is 11.0 Å². The molecule has 1 aliphatic carbocycles. The van der Waals surface area contributed by atoms with Crippen molar-refractivity contribution in [3.05, 3.63) is 47.3 Å². The van der Waals surface area contributed by atoms with Gasteiger partial charge >= 0.3 is 6.09 Å². The molecule has 0 bridgehead atoms. The number of rotatable bonds is 6. The number of carbonyl (C=O) groups is 1. The lowest BCUT2D eigenvalue weighted by molar-refractivity contribution is -0.0219. The predicted octanol–water partition coefficient (Wildman–Crippen LogP) is 4.27. The summed E-state index contributed by atoms with van der Waals surface area (Å²) in [4.78, 5) is 26.7. The first-order chi connectivity index (χ1) is 15.7. The van der Waals surface area contributed by atoms with Crippen LogP contribution in [0.1, 0.15) is 50.8 Å². The zero-order valence-corrected chi connectivity index (χ0v) is 19.7. The minimum atomic E-state index is -0.509. The Morgan fingerprint density at radius 1 is 1.21 bits per heavy atom. The molecular weight excluding hydrogens is 444 g/mol. The summed E-state index contributed by atoms with van der Waals surface area (Å²) >= 11 is 5.93. The summed E-state index contributed by atoms with van der Waals surface area (Å²) in [5.41, 5.74) is 2.35. The lowest BCUT2D eigenvalue weighted by Crippen LogP contribution is -2.57. The Kier molecular flexibility index (Phi) is 5.52. The fraction of sp³-hybridized carbons (Fsp3) is 0.478. The topological polar surface area (TPSA) is 93.9 Å². The predicted molar refractivity (Wildman–Crippen MR) is 124 cm³/mol. The van der Waals surface area contributed by atoms with Crippen molar-refractivity contribution in [2.45, 2.75) is 57.8 Å². The average Bonchev–Trinajstić information content (AvgIpc) is 3.47. The lowest BCUT2D eigenvalue weighted by atomic mass is 10.1. The highest BCUT2D eigenvalue weighted by atomic mass is 35.5. The molecule has 0 aromatic carbocycles. The first-order valence-electron chi connectivity index (χ1n) is 11.1. The van der Waals surface area contributed by atoms with Crippen molar-refractivity contribution in [1.29, 1.82) is 0 Å². The molecule has 1 saturated carbocycles. The number of anilines is 1. The molecule has 1 saturated heterocycles. The maximum Gasteiger partial charge on any atom is 0.410 e. The van der Waals surface area contributed by atoms with Gasteiger partial charge in [-0.05, 0) is 51.2 Å². The zero-order valence-electron chi connectivity index (χ0n) is 18.9. The van der Waals surface area contributed by atoms with Crippen molar-refractivity contribution in [3.63, 3.8) is 0 Å². The Bertz CT molecular complexity index is 1180. The maximum absolute atomic E-state index is 12.2. The van der Waals surface area contributed by atoms with Crippen LogP contribution in [0.5, 0.6) is 5.75 Å². The van der Waals surface area contributed by atoms with Crippen LogP contribution in [-0.2, 0) is 11.3 Å². The van der Waals surface area contributed by atoms with Crippen LogP contribution in [0.25, 0.3) is 5.65 Å². The third-order valence-electron chi connectivity index (χ3n) is 5.51. The maximum atomic E-state index is 12.2. The molecular formula is C23H27ClN6O3. The van der Waals surface area contributed by atoms with Crippen LogP contribution in [0.4, 0.5) is 10.6 Å². The van der Waals surface area contributed by atoms with E-state index in [2.05, 4.69) is 27.5 Å². The molecule has 174 valence electrons. The number of aromatic nitrogens is 4. The highest BCUT2D eigenvalue weighted by molar-refractivity contribution is 6.29. The number of halogens is 1. The Balaban J connectivity index is 1.30. The Morgan fingerprint density at radius 2 is 2.00 bits per heavy atom. The van der Waals surface area contributed by atoms with Gasteiger partial charge in [0.05, 0.1) is 25.3 Å². The summed E-state index contributed by atoms with van der Waals surface area (Å²) in [5, 5.41) is 3.60. The van der Waals surface area contributed by atoms with E-state index in [-0.39, 0.29) is 12.2 Å². The van der Waals surface area contributed by atoms with Crippen LogP contribution in [0.3, 0.4) is 0 Å². The number of fused-ring (bicyclic) bond motifs is 1. The quantitative estimate of drug-likeness (QED) is 0.538. The number of pyridine rings is 1. The molecule has 1 amide bonds. The number of likely N-dealkylation sites (tertiary alicyclic amines) is 1. The third-order valence-corrected chi connectivity index (χ3v) is 5.72. The largest absolute Gasteiger partial charge is 0.483 e. The second-order valence-electron chi connectivity index (χ2n) is 9.58. The van der Waals surface area contributed by atoms with Crippen LogP contribution >= 0.6 is 11.6 Å². The first kappa shape index (κ1) is 21.8. The first-order valence-corrected chi connectivity index (χ1v) is 11.5. The number of ether oxygens (including phenoxy) is 2. The molecule has 0 unspecified atom stereocenters. The van der Waals surface area contributed by atoms with E-state index >= 15 is 0 Å². The minimum Gasteiger partial charge on any atom is -0.483 e. The standard InChI is InChI=1S/C23H27ClN6O3/c1-23(2,3)33-22(31)30-11-17(12-30)32-18-6-15(14-4-5-14)9-29-10-16(28-21(18)29)8-25-20-7-19(24)26-13-27-20/h6-7,9-10,13-14,17H,4-5,8,11-12H2,1-3H3,(H,25,26,27). The molecule has 0 radical (unpaired) electrons. The van der Waals surface area contributed by atoms with Crippen molar-refractivity contribution in [2.24, 2.45) is 0 Å². The van der Waals surface area contributed by atoms with Gasteiger partial charge in [-0.3, -0.25) is 0 Å². The number of hydrogen-bond donors (Lipinski definition) is 1. The van der Waals surface area contributed by atoms with Gasteiger partial charge in [-0.15, -0.1) is 0 Å². The summed E-state index contributed by atoms with van der Waals surface area (Å²) in [5.74, 6) is 1.95. The van der Waals surface area contributed by atoms with E-state index in [0.717, 1.165) is 17.1 Å². The minimum absolute atomic E-state index is 0.0859. The SMILES string of the molecule is CC(C)(C)OC(=O)N1CC(Oc2cc(C3CC3)cn3cc(CNc4cc(Cl)ncn4)nc23)C1. The zero-order chi connectivity index (χ0) is 23.2. The molecule has 3 aromatic rings. The lowest BCUT2D eigenvalue weighted by Gasteiger charge is -2.39. The van der Waals surface area contributed by atoms with Gasteiger partial charge in [0.2, 0.25) is 0 Å². The monoisotopic (exact) mass is 470 g/mol. The number of nitrogens with one attached hydrogen (secondary N) is 1. The summed E-state index contributed by atoms with van der Waals surface area (Å²) < 4.78 is 13.8. The molecule has 0 spiro atoms. The van der Waals surface area contributed by atoms with Gasteiger partial charge in [0.15, 0.2) is 11.4 Å². The molecule has 3 aromatic heterocycles. The smallest absolute Gasteiger partial charge is 0.410 e. The van der Waals surface area contributed by atoms with E-state index < -0.39 is 5.60 Å². The van der Waals surface area contributed by atoms with Crippen molar-refractivity contribution < 1.29 is 14.3 Å². The summed E-state index contributed by atoms with van der Waals surface area (Å²) in [6, 6.07) is 3.77. The summed E-state index contributed by atoms with van der Waals surface area (Å²) in [7, 11) is 0. The third kappa shape index (κ3) is 5.13. The molecule has 4 heterocycles. The van der Waals surface area contributed by atoms with E-state index in [1.807, 2.05) is 31.4 Å². The number of carbonyl (C=O) groups excluding carboxylic acids is 1. The second kappa shape index (κ2) is 8.37. The number of nitrogens with zero attached hydrogens (tertiary/aromatic N) is 5. The fourth-order valence-electron chi connectivity index (χ4n) is 3.73. The Morgan fingerprint density at radius 3 is 2.70 bits per heavy atom. The van der Waals surface area contributed by atoms with Gasteiger partial charge in [-0.2, -0.15) is 0 Å². The molecule has 10 heteroatoms. The molecule has 9 nitrogen and oxygen atoms in total. The Labute approximate surface area is 197 Å². The Hall–Kier alpha value is -3.07. The van der Waals surface area contributed by atoms with Gasteiger partial charge in [-0.25, -0.2) is 19.7 Å². The van der Waals surface area contributed by atoms with E-state index in [0.29, 0.717) is 36.5 Å². The molecule has 33 heavy (non-hydrogen) atoms. The van der Waals surface area contributed by atoms with E-state index in [4.69, 9.17) is 26.1 Å². The van der Waals surface area contributed by atoms with Gasteiger partial charge < -0.3 is 24.1 Å². The van der Waals surface area contributed by atoms with Gasteiger partial charge in [0.25, 0.3) is 0 Å². The van der Waals surface area contributed by atoms with Crippen molar-refractivity contribution in [2.75, 3.05) is 18.4 Å². The molecule has 0 atom stereocenters. The van der Waals surface area contributed by atoms with E-state index in [9.17, 15) is 4.79 Å². The van der Waals surface area contributed by atoms with Crippen LogP contribution in [0.15, 0.2) is 30.9 Å². The van der Waals surface area contributed by atoms with E-state index in [1.165, 1.54) is 24.7 Å². The highest BCUT2D eigenvalue weighted by Crippen LogP contribution is 2.42. The summed E-state index contributed by atoms with van der Waals surface area (Å²) in [6.07, 6.45) is 7.54. The van der Waals surface area contributed by atoms with Crippen molar-refractivity contribution in [3.8, 4) is 5.75 Å². The van der Waals surface area contributed by atoms with Crippen LogP contribution < -0.4 is 10.1 Å². The highest BCUT2D eigenvalue weighted by Gasteiger charge is 2.36. The van der Waals surface area contributed by atoms with Crippen molar-refractivity contribution in [1.82, 2.24) is 24.3 Å². The molecule has 1 N–H and O–H groups in total. The molecule has 5 rings (SSSR count). The second-order valence-corrected chi connectivity index (χ2v) is 9.97. The molecule has 2 aliphatic rings. The van der Waals surface area contributed by atoms with Gasteiger partial charge in [0.1, 0.15) is 29.0 Å². The molecule has 2 fully saturated rings.